The van der Waals surface area contributed by atoms with E-state index < -0.39 is 8.32 Å². The van der Waals surface area contributed by atoms with Crippen molar-refractivity contribution in [3.63, 3.8) is 0 Å². The van der Waals surface area contributed by atoms with Crippen molar-refractivity contribution in [1.29, 1.82) is 0 Å². The molecule has 96 valence electrons. The third kappa shape index (κ3) is 5.80. The average Bonchev–Trinajstić information content (AvgIpc) is 2.12. The van der Waals surface area contributed by atoms with Gasteiger partial charge in [-0.05, 0) is 36.9 Å². The Balaban J connectivity index is 3.85. The molecular weight excluding hydrogens is 216 g/mol. The third-order valence-corrected chi connectivity index (χ3v) is 8.20. The first kappa shape index (κ1) is 15.8. The van der Waals surface area contributed by atoms with Crippen LogP contribution >= 0.6 is 0 Å². The first-order chi connectivity index (χ1) is 7.20. The van der Waals surface area contributed by atoms with E-state index >= 15 is 0 Å². The minimum Gasteiger partial charge on any atom is -0.417 e. The fourth-order valence-electron chi connectivity index (χ4n) is 1.23. The molecule has 0 N–H and O–H groups in total. The molecule has 0 rings (SSSR count). The largest absolute Gasteiger partial charge is 0.417 e. The third-order valence-electron chi connectivity index (χ3n) is 3.66. The van der Waals surface area contributed by atoms with E-state index in [4.69, 9.17) is 4.43 Å². The standard InChI is InChI=1S/C13H28O2Si/c1-12(8-7-10-14)9-11-15-16(5,6)13(2,3)4/h10,12H,7-9,11H2,1-6H3/t12-/m0/s1. The van der Waals surface area contributed by atoms with Crippen LogP contribution in [0.15, 0.2) is 0 Å². The maximum Gasteiger partial charge on any atom is 0.191 e. The predicted octanol–water partition coefficient (Wildman–Crippen LogP) is 4.01. The zero-order valence-electron chi connectivity index (χ0n) is 11.8. The first-order valence-corrected chi connectivity index (χ1v) is 9.19. The summed E-state index contributed by atoms with van der Waals surface area (Å²) >= 11 is 0. The zero-order valence-corrected chi connectivity index (χ0v) is 12.8. The molecule has 0 fully saturated rings. The molecule has 1 atom stereocenters. The summed E-state index contributed by atoms with van der Waals surface area (Å²) in [5.74, 6) is 0.593. The van der Waals surface area contributed by atoms with E-state index in [-0.39, 0.29) is 0 Å². The van der Waals surface area contributed by atoms with Crippen molar-refractivity contribution in [2.75, 3.05) is 6.61 Å². The molecule has 0 aromatic carbocycles. The average molecular weight is 244 g/mol. The highest BCUT2D eigenvalue weighted by Crippen LogP contribution is 2.36. The van der Waals surface area contributed by atoms with E-state index in [9.17, 15) is 4.79 Å². The highest BCUT2D eigenvalue weighted by molar-refractivity contribution is 6.74. The van der Waals surface area contributed by atoms with Crippen LogP contribution in [0.2, 0.25) is 18.1 Å². The summed E-state index contributed by atoms with van der Waals surface area (Å²) in [6, 6.07) is 0. The predicted molar refractivity (Wildman–Crippen MR) is 72.2 cm³/mol. The molecule has 0 aromatic heterocycles. The van der Waals surface area contributed by atoms with Crippen LogP contribution in [0.5, 0.6) is 0 Å². The lowest BCUT2D eigenvalue weighted by atomic mass is 10.0. The van der Waals surface area contributed by atoms with E-state index in [1.807, 2.05) is 0 Å². The number of hydrogen-bond donors (Lipinski definition) is 0. The fourth-order valence-corrected chi connectivity index (χ4v) is 2.29. The Morgan fingerprint density at radius 3 is 2.25 bits per heavy atom. The quantitative estimate of drug-likeness (QED) is 0.499. The Labute approximate surface area is 102 Å². The highest BCUT2D eigenvalue weighted by atomic mass is 28.4. The lowest BCUT2D eigenvalue weighted by Gasteiger charge is -2.36. The molecule has 0 heterocycles. The van der Waals surface area contributed by atoms with Gasteiger partial charge in [0, 0.05) is 13.0 Å². The molecule has 0 unspecified atom stereocenters. The summed E-state index contributed by atoms with van der Waals surface area (Å²) in [6.07, 6.45) is 3.75. The number of aldehydes is 1. The number of hydrogen-bond acceptors (Lipinski definition) is 2. The van der Waals surface area contributed by atoms with Crippen LogP contribution in [0.4, 0.5) is 0 Å². The minimum absolute atomic E-state index is 0.291. The van der Waals surface area contributed by atoms with Crippen molar-refractivity contribution < 1.29 is 9.22 Å². The van der Waals surface area contributed by atoms with Gasteiger partial charge in [-0.3, -0.25) is 0 Å². The Morgan fingerprint density at radius 2 is 1.81 bits per heavy atom. The van der Waals surface area contributed by atoms with Crippen LogP contribution in [0, 0.1) is 5.92 Å². The SMILES string of the molecule is C[C@@H](CCC=O)CCO[Si](C)(C)C(C)(C)C. The normalized spacial score (nSPS) is 14.9. The molecule has 0 saturated heterocycles. The van der Waals surface area contributed by atoms with Crippen LogP contribution in [-0.4, -0.2) is 21.2 Å². The zero-order chi connectivity index (χ0) is 12.8. The Hall–Kier alpha value is -0.153. The Morgan fingerprint density at radius 1 is 1.25 bits per heavy atom. The summed E-state index contributed by atoms with van der Waals surface area (Å²) in [5.41, 5.74) is 0. The van der Waals surface area contributed by atoms with Gasteiger partial charge in [-0.2, -0.15) is 0 Å². The van der Waals surface area contributed by atoms with Gasteiger partial charge in [0.25, 0.3) is 0 Å². The molecule has 0 aliphatic rings. The van der Waals surface area contributed by atoms with Crippen LogP contribution in [0.1, 0.15) is 47.0 Å². The highest BCUT2D eigenvalue weighted by Gasteiger charge is 2.36. The summed E-state index contributed by atoms with van der Waals surface area (Å²) in [4.78, 5) is 10.2. The summed E-state index contributed by atoms with van der Waals surface area (Å²) in [5, 5.41) is 0.291. The molecule has 0 spiro atoms. The fraction of sp³-hybridized carbons (Fsp3) is 0.923. The monoisotopic (exact) mass is 244 g/mol. The molecule has 2 nitrogen and oxygen atoms in total. The van der Waals surface area contributed by atoms with Crippen LogP contribution in [-0.2, 0) is 9.22 Å². The van der Waals surface area contributed by atoms with Gasteiger partial charge >= 0.3 is 0 Å². The van der Waals surface area contributed by atoms with Crippen molar-refractivity contribution in [3.8, 4) is 0 Å². The van der Waals surface area contributed by atoms with Crippen LogP contribution in [0.25, 0.3) is 0 Å². The maximum atomic E-state index is 10.2. The van der Waals surface area contributed by atoms with Gasteiger partial charge in [0.15, 0.2) is 8.32 Å². The molecule has 0 aliphatic carbocycles. The van der Waals surface area contributed by atoms with Crippen LogP contribution < -0.4 is 0 Å². The van der Waals surface area contributed by atoms with Gasteiger partial charge in [-0.1, -0.05) is 27.7 Å². The summed E-state index contributed by atoms with van der Waals surface area (Å²) in [6.45, 7) is 14.4. The topological polar surface area (TPSA) is 26.3 Å². The molecule has 3 heteroatoms. The van der Waals surface area contributed by atoms with Gasteiger partial charge in [0.2, 0.25) is 0 Å². The smallest absolute Gasteiger partial charge is 0.191 e. The second-order valence-electron chi connectivity index (χ2n) is 6.25. The van der Waals surface area contributed by atoms with E-state index in [0.717, 1.165) is 25.7 Å². The van der Waals surface area contributed by atoms with E-state index in [1.54, 1.807) is 0 Å². The van der Waals surface area contributed by atoms with Gasteiger partial charge in [-0.25, -0.2) is 0 Å². The first-order valence-electron chi connectivity index (χ1n) is 6.28. The van der Waals surface area contributed by atoms with Gasteiger partial charge in [-0.15, -0.1) is 0 Å². The molecule has 0 bridgehead atoms. The number of rotatable bonds is 7. The van der Waals surface area contributed by atoms with Crippen LogP contribution in [0.3, 0.4) is 0 Å². The summed E-state index contributed by atoms with van der Waals surface area (Å²) in [7, 11) is -1.57. The van der Waals surface area contributed by atoms with Crippen molar-refractivity contribution in [1.82, 2.24) is 0 Å². The molecule has 0 aliphatic heterocycles. The molecule has 0 amide bonds. The van der Waals surface area contributed by atoms with E-state index in [0.29, 0.717) is 17.4 Å². The van der Waals surface area contributed by atoms with Crippen molar-refractivity contribution in [2.24, 2.45) is 5.92 Å². The minimum atomic E-state index is -1.57. The van der Waals surface area contributed by atoms with E-state index in [1.165, 1.54) is 0 Å². The van der Waals surface area contributed by atoms with Gasteiger partial charge in [0.05, 0.1) is 0 Å². The van der Waals surface area contributed by atoms with Crippen molar-refractivity contribution in [3.05, 3.63) is 0 Å². The molecule has 0 radical (unpaired) electrons. The second-order valence-corrected chi connectivity index (χ2v) is 11.1. The van der Waals surface area contributed by atoms with Crippen molar-refractivity contribution in [2.45, 2.75) is 65.1 Å². The maximum absolute atomic E-state index is 10.2. The Bertz CT molecular complexity index is 206. The Kier molecular flexibility index (Phi) is 6.49. The van der Waals surface area contributed by atoms with Crippen molar-refractivity contribution >= 4 is 14.6 Å². The molecule has 16 heavy (non-hydrogen) atoms. The number of carbonyl (C=O) groups is 1. The lowest BCUT2D eigenvalue weighted by Crippen LogP contribution is -2.41. The lowest BCUT2D eigenvalue weighted by molar-refractivity contribution is -0.108. The van der Waals surface area contributed by atoms with Gasteiger partial charge < -0.3 is 9.22 Å². The molecule has 0 saturated carbocycles. The molecular formula is C13H28O2Si. The summed E-state index contributed by atoms with van der Waals surface area (Å²) < 4.78 is 6.10. The molecule has 0 aromatic rings. The van der Waals surface area contributed by atoms with Gasteiger partial charge in [0.1, 0.15) is 6.29 Å². The van der Waals surface area contributed by atoms with E-state index in [2.05, 4.69) is 40.8 Å². The number of carbonyl (C=O) groups excluding carboxylic acids is 1. The second kappa shape index (κ2) is 6.55.